The SMILES string of the molecule is O=C1CC(=O)c2c1ccc1c2CCCC1. The van der Waals surface area contributed by atoms with E-state index < -0.39 is 0 Å². The highest BCUT2D eigenvalue weighted by Crippen LogP contribution is 2.32. The van der Waals surface area contributed by atoms with Gasteiger partial charge in [0.2, 0.25) is 0 Å². The van der Waals surface area contributed by atoms with Crippen molar-refractivity contribution in [2.45, 2.75) is 32.1 Å². The van der Waals surface area contributed by atoms with E-state index in [1.165, 1.54) is 12.0 Å². The van der Waals surface area contributed by atoms with Crippen LogP contribution in [0.1, 0.15) is 51.1 Å². The summed E-state index contributed by atoms with van der Waals surface area (Å²) in [6.07, 6.45) is 4.46. The zero-order chi connectivity index (χ0) is 10.4. The maximum atomic E-state index is 11.7. The highest BCUT2D eigenvalue weighted by molar-refractivity contribution is 6.25. The van der Waals surface area contributed by atoms with Gasteiger partial charge >= 0.3 is 0 Å². The molecule has 0 unspecified atom stereocenters. The molecule has 0 aliphatic heterocycles. The lowest BCUT2D eigenvalue weighted by Gasteiger charge is -2.17. The number of ketones is 2. The molecular formula is C13H12O2. The standard InChI is InChI=1S/C13H12O2/c14-11-7-12(15)13-9-4-2-1-3-8(9)5-6-10(11)13/h5-6H,1-4,7H2. The fourth-order valence-electron chi connectivity index (χ4n) is 2.71. The number of aryl methyl sites for hydroxylation is 1. The van der Waals surface area contributed by atoms with Crippen molar-refractivity contribution in [2.75, 3.05) is 0 Å². The lowest BCUT2D eigenvalue weighted by Crippen LogP contribution is -2.08. The van der Waals surface area contributed by atoms with Crippen LogP contribution in [0.15, 0.2) is 12.1 Å². The number of hydrogen-bond donors (Lipinski definition) is 0. The highest BCUT2D eigenvalue weighted by atomic mass is 16.2. The maximum Gasteiger partial charge on any atom is 0.171 e. The molecule has 0 amide bonds. The minimum absolute atomic E-state index is 0.00312. The Morgan fingerprint density at radius 1 is 0.933 bits per heavy atom. The summed E-state index contributed by atoms with van der Waals surface area (Å²) in [5, 5.41) is 0. The molecule has 76 valence electrons. The third kappa shape index (κ3) is 1.17. The molecule has 0 spiro atoms. The van der Waals surface area contributed by atoms with Gasteiger partial charge in [-0.15, -0.1) is 0 Å². The monoisotopic (exact) mass is 200 g/mol. The molecule has 2 aliphatic carbocycles. The molecule has 2 nitrogen and oxygen atoms in total. The van der Waals surface area contributed by atoms with Crippen molar-refractivity contribution in [2.24, 2.45) is 0 Å². The van der Waals surface area contributed by atoms with E-state index in [0.717, 1.165) is 30.4 Å². The van der Waals surface area contributed by atoms with Crippen molar-refractivity contribution < 1.29 is 9.59 Å². The second-order valence-corrected chi connectivity index (χ2v) is 4.36. The number of benzene rings is 1. The second kappa shape index (κ2) is 3.02. The van der Waals surface area contributed by atoms with Gasteiger partial charge in [0, 0.05) is 11.1 Å². The van der Waals surface area contributed by atoms with Gasteiger partial charge in [0.05, 0.1) is 6.42 Å². The summed E-state index contributed by atoms with van der Waals surface area (Å²) in [5.74, 6) is 0.0390. The van der Waals surface area contributed by atoms with Gasteiger partial charge in [0.25, 0.3) is 0 Å². The van der Waals surface area contributed by atoms with E-state index in [-0.39, 0.29) is 18.0 Å². The quantitative estimate of drug-likeness (QED) is 0.602. The third-order valence-corrected chi connectivity index (χ3v) is 3.43. The Morgan fingerprint density at radius 3 is 2.60 bits per heavy atom. The molecular weight excluding hydrogens is 188 g/mol. The Balaban J connectivity index is 2.27. The Kier molecular flexibility index (Phi) is 1.78. The zero-order valence-electron chi connectivity index (χ0n) is 8.51. The number of hydrogen-bond acceptors (Lipinski definition) is 2. The molecule has 0 saturated carbocycles. The maximum absolute atomic E-state index is 11.7. The molecule has 0 radical (unpaired) electrons. The van der Waals surface area contributed by atoms with Crippen molar-refractivity contribution in [1.29, 1.82) is 0 Å². The Morgan fingerprint density at radius 2 is 1.73 bits per heavy atom. The zero-order valence-corrected chi connectivity index (χ0v) is 8.51. The minimum Gasteiger partial charge on any atom is -0.294 e. The molecule has 0 heterocycles. The molecule has 2 heteroatoms. The van der Waals surface area contributed by atoms with Gasteiger partial charge in [-0.2, -0.15) is 0 Å². The van der Waals surface area contributed by atoms with Gasteiger partial charge in [0.15, 0.2) is 11.6 Å². The summed E-state index contributed by atoms with van der Waals surface area (Å²) >= 11 is 0. The number of carbonyl (C=O) groups excluding carboxylic acids is 2. The molecule has 0 atom stereocenters. The number of fused-ring (bicyclic) bond motifs is 3. The first kappa shape index (κ1) is 8.84. The summed E-state index contributed by atoms with van der Waals surface area (Å²) in [6.45, 7) is 0. The first-order valence-corrected chi connectivity index (χ1v) is 5.48. The summed E-state index contributed by atoms with van der Waals surface area (Å²) in [6, 6.07) is 3.87. The Labute approximate surface area is 88.3 Å². The lowest BCUT2D eigenvalue weighted by molar-refractivity contribution is 0.0922. The molecule has 0 saturated heterocycles. The van der Waals surface area contributed by atoms with Crippen molar-refractivity contribution in [3.8, 4) is 0 Å². The average molecular weight is 200 g/mol. The predicted octanol–water partition coefficient (Wildman–Crippen LogP) is 2.33. The van der Waals surface area contributed by atoms with Gasteiger partial charge in [-0.1, -0.05) is 12.1 Å². The molecule has 0 N–H and O–H groups in total. The van der Waals surface area contributed by atoms with Crippen molar-refractivity contribution >= 4 is 11.6 Å². The molecule has 2 aliphatic rings. The van der Waals surface area contributed by atoms with E-state index in [4.69, 9.17) is 0 Å². The molecule has 0 fully saturated rings. The van der Waals surface area contributed by atoms with Crippen LogP contribution in [0.3, 0.4) is 0 Å². The van der Waals surface area contributed by atoms with Crippen LogP contribution in [0.25, 0.3) is 0 Å². The van der Waals surface area contributed by atoms with Crippen molar-refractivity contribution in [3.05, 3.63) is 34.4 Å². The van der Waals surface area contributed by atoms with Gasteiger partial charge in [-0.05, 0) is 36.8 Å². The fourth-order valence-corrected chi connectivity index (χ4v) is 2.71. The highest BCUT2D eigenvalue weighted by Gasteiger charge is 2.31. The fraction of sp³-hybridized carbons (Fsp3) is 0.385. The largest absolute Gasteiger partial charge is 0.294 e. The van der Waals surface area contributed by atoms with Crippen LogP contribution in [-0.4, -0.2) is 11.6 Å². The molecule has 0 aromatic heterocycles. The summed E-state index contributed by atoms with van der Waals surface area (Å²) < 4.78 is 0. The summed E-state index contributed by atoms with van der Waals surface area (Å²) in [7, 11) is 0. The summed E-state index contributed by atoms with van der Waals surface area (Å²) in [5.41, 5.74) is 3.86. The number of carbonyl (C=O) groups is 2. The number of rotatable bonds is 0. The normalized spacial score (nSPS) is 18.9. The molecule has 3 rings (SSSR count). The van der Waals surface area contributed by atoms with Crippen LogP contribution >= 0.6 is 0 Å². The predicted molar refractivity (Wildman–Crippen MR) is 56.4 cm³/mol. The summed E-state index contributed by atoms with van der Waals surface area (Å²) in [4.78, 5) is 23.3. The van der Waals surface area contributed by atoms with Gasteiger partial charge in [0.1, 0.15) is 0 Å². The van der Waals surface area contributed by atoms with E-state index in [0.29, 0.717) is 5.56 Å². The van der Waals surface area contributed by atoms with Crippen LogP contribution < -0.4 is 0 Å². The van der Waals surface area contributed by atoms with E-state index in [1.807, 2.05) is 12.1 Å². The van der Waals surface area contributed by atoms with Gasteiger partial charge in [-0.3, -0.25) is 9.59 Å². The van der Waals surface area contributed by atoms with Gasteiger partial charge < -0.3 is 0 Å². The molecule has 15 heavy (non-hydrogen) atoms. The van der Waals surface area contributed by atoms with E-state index in [2.05, 4.69) is 0 Å². The molecule has 1 aromatic rings. The topological polar surface area (TPSA) is 34.1 Å². The van der Waals surface area contributed by atoms with E-state index >= 15 is 0 Å². The van der Waals surface area contributed by atoms with E-state index in [9.17, 15) is 9.59 Å². The minimum atomic E-state index is 0.00312. The lowest BCUT2D eigenvalue weighted by atomic mass is 9.86. The Bertz CT molecular complexity index is 472. The first-order chi connectivity index (χ1) is 7.27. The third-order valence-electron chi connectivity index (χ3n) is 3.43. The number of Topliss-reactive ketones (excluding diaryl/α,β-unsaturated/α-hetero) is 2. The van der Waals surface area contributed by atoms with Crippen molar-refractivity contribution in [3.63, 3.8) is 0 Å². The van der Waals surface area contributed by atoms with E-state index in [1.54, 1.807) is 0 Å². The van der Waals surface area contributed by atoms with Crippen LogP contribution in [0, 0.1) is 0 Å². The van der Waals surface area contributed by atoms with Crippen LogP contribution in [0.4, 0.5) is 0 Å². The second-order valence-electron chi connectivity index (χ2n) is 4.36. The van der Waals surface area contributed by atoms with Crippen molar-refractivity contribution in [1.82, 2.24) is 0 Å². The smallest absolute Gasteiger partial charge is 0.171 e. The van der Waals surface area contributed by atoms with Crippen LogP contribution in [0.2, 0.25) is 0 Å². The molecule has 1 aromatic carbocycles. The Hall–Kier alpha value is -1.44. The van der Waals surface area contributed by atoms with Crippen LogP contribution in [0.5, 0.6) is 0 Å². The average Bonchev–Trinajstić information content (AvgIpc) is 2.55. The first-order valence-electron chi connectivity index (χ1n) is 5.48. The van der Waals surface area contributed by atoms with Crippen LogP contribution in [-0.2, 0) is 12.8 Å². The van der Waals surface area contributed by atoms with Gasteiger partial charge in [-0.25, -0.2) is 0 Å². The molecule has 0 bridgehead atoms.